The number of carbonyl (C=O) groups is 1. The van der Waals surface area contributed by atoms with Gasteiger partial charge in [0.25, 0.3) is 10.0 Å². The van der Waals surface area contributed by atoms with Crippen LogP contribution in [0.25, 0.3) is 11.0 Å². The van der Waals surface area contributed by atoms with E-state index in [1.807, 2.05) is 6.92 Å². The number of amidine groups is 1. The summed E-state index contributed by atoms with van der Waals surface area (Å²) < 4.78 is 29.5. The summed E-state index contributed by atoms with van der Waals surface area (Å²) in [5.41, 5.74) is -0.710. The van der Waals surface area contributed by atoms with Gasteiger partial charge in [-0.1, -0.05) is 19.1 Å². The van der Waals surface area contributed by atoms with Crippen molar-refractivity contribution in [3.8, 4) is 5.75 Å². The molecule has 0 atom stereocenters. The van der Waals surface area contributed by atoms with Crippen LogP contribution in [-0.4, -0.2) is 35.0 Å². The predicted molar refractivity (Wildman–Crippen MR) is 108 cm³/mol. The van der Waals surface area contributed by atoms with Gasteiger partial charge < -0.3 is 15.3 Å². The molecule has 3 heterocycles. The Hall–Kier alpha value is -3.73. The third-order valence-corrected chi connectivity index (χ3v) is 5.88. The zero-order chi connectivity index (χ0) is 21.6. The number of pyridine rings is 2. The second-order valence-corrected chi connectivity index (χ2v) is 8.04. The van der Waals surface area contributed by atoms with Gasteiger partial charge in [-0.2, -0.15) is 8.42 Å². The van der Waals surface area contributed by atoms with Crippen molar-refractivity contribution in [2.75, 3.05) is 5.32 Å². The van der Waals surface area contributed by atoms with E-state index in [2.05, 4.69) is 14.7 Å². The minimum atomic E-state index is -4.13. The van der Waals surface area contributed by atoms with Gasteiger partial charge in [0.2, 0.25) is 0 Å². The van der Waals surface area contributed by atoms with Crippen LogP contribution in [0.15, 0.2) is 50.6 Å². The first kappa shape index (κ1) is 19.6. The van der Waals surface area contributed by atoms with Crippen LogP contribution in [0, 0.1) is 0 Å². The van der Waals surface area contributed by atoms with Crippen LogP contribution in [0.1, 0.15) is 25.0 Å². The van der Waals surface area contributed by atoms with Crippen molar-refractivity contribution in [1.82, 2.24) is 9.71 Å². The van der Waals surface area contributed by atoms with Gasteiger partial charge >= 0.3 is 11.5 Å². The second-order valence-electron chi connectivity index (χ2n) is 6.46. The number of rotatable bonds is 3. The van der Waals surface area contributed by atoms with Crippen LogP contribution in [0.3, 0.4) is 0 Å². The van der Waals surface area contributed by atoms with Crippen molar-refractivity contribution in [1.29, 1.82) is 0 Å². The van der Waals surface area contributed by atoms with Crippen molar-refractivity contribution in [2.24, 2.45) is 4.40 Å². The molecule has 0 radical (unpaired) electrons. The lowest BCUT2D eigenvalue weighted by atomic mass is 10.1. The van der Waals surface area contributed by atoms with E-state index in [1.54, 1.807) is 18.2 Å². The van der Waals surface area contributed by atoms with E-state index in [-0.39, 0.29) is 27.5 Å². The van der Waals surface area contributed by atoms with E-state index in [0.717, 1.165) is 6.92 Å². The van der Waals surface area contributed by atoms with Crippen molar-refractivity contribution in [2.45, 2.75) is 25.2 Å². The number of benzene rings is 1. The third-order valence-electron chi connectivity index (χ3n) is 4.55. The summed E-state index contributed by atoms with van der Waals surface area (Å²) in [5, 5.41) is 13.9. The molecule has 2 N–H and O–H groups in total. The van der Waals surface area contributed by atoms with E-state index < -0.39 is 32.9 Å². The lowest BCUT2D eigenvalue weighted by Gasteiger charge is -2.20. The number of anilines is 1. The number of nitrogens with one attached hydrogen (secondary N) is 1. The number of sulfonamides is 1. The monoisotopic (exact) mass is 428 g/mol. The molecule has 0 saturated carbocycles. The maximum Gasteiger partial charge on any atom is 0.330 e. The van der Waals surface area contributed by atoms with Gasteiger partial charge in [0.1, 0.15) is 16.2 Å². The summed E-state index contributed by atoms with van der Waals surface area (Å²) in [6, 6.07) is 7.66. The summed E-state index contributed by atoms with van der Waals surface area (Å²) >= 11 is 0. The molecule has 0 spiro atoms. The molecule has 0 amide bonds. The van der Waals surface area contributed by atoms with Crippen LogP contribution in [0.5, 0.6) is 5.75 Å². The highest BCUT2D eigenvalue weighted by Gasteiger charge is 2.31. The number of carbonyl (C=O) groups excluding carboxylic acids is 1. The van der Waals surface area contributed by atoms with Crippen LogP contribution in [-0.2, 0) is 21.2 Å². The Bertz CT molecular complexity index is 1410. The number of aromatic hydroxyl groups is 1. The summed E-state index contributed by atoms with van der Waals surface area (Å²) in [6.45, 7) is 2.93. The molecule has 10 nitrogen and oxygen atoms in total. The fourth-order valence-corrected chi connectivity index (χ4v) is 4.39. The Balaban J connectivity index is 2.09. The number of aromatic nitrogens is 2. The fourth-order valence-electron chi connectivity index (χ4n) is 3.27. The molecule has 0 unspecified atom stereocenters. The molecule has 0 fully saturated rings. The maximum atomic E-state index is 13.1. The molecule has 154 valence electrons. The topological polar surface area (TPSA) is 140 Å². The van der Waals surface area contributed by atoms with E-state index in [1.165, 1.54) is 18.3 Å². The largest absolute Gasteiger partial charge is 0.506 e. The van der Waals surface area contributed by atoms with E-state index >= 15 is 0 Å². The summed E-state index contributed by atoms with van der Waals surface area (Å²) in [7, 11) is -4.13. The molecule has 0 bridgehead atoms. The average Bonchev–Trinajstić information content (AvgIpc) is 2.70. The molecule has 0 aliphatic carbocycles. The number of aryl methyl sites for hydroxylation is 1. The summed E-state index contributed by atoms with van der Waals surface area (Å²) in [6.07, 6.45) is 1.88. The van der Waals surface area contributed by atoms with Crippen LogP contribution in [0.2, 0.25) is 0 Å². The second kappa shape index (κ2) is 6.95. The van der Waals surface area contributed by atoms with E-state index in [4.69, 9.17) is 4.84 Å². The smallest absolute Gasteiger partial charge is 0.330 e. The fraction of sp³-hybridized carbons (Fsp3) is 0.158. The number of hydrogen-bond acceptors (Lipinski definition) is 8. The van der Waals surface area contributed by atoms with Crippen molar-refractivity contribution in [3.05, 3.63) is 58.0 Å². The lowest BCUT2D eigenvalue weighted by molar-refractivity contribution is -0.141. The highest BCUT2D eigenvalue weighted by Crippen LogP contribution is 2.33. The van der Waals surface area contributed by atoms with Crippen LogP contribution < -0.4 is 15.7 Å². The molecule has 1 aliphatic heterocycles. The normalized spacial score (nSPS) is 14.5. The summed E-state index contributed by atoms with van der Waals surface area (Å²) in [5.74, 6) is -1.69. The van der Waals surface area contributed by atoms with Gasteiger partial charge in [-0.3, -0.25) is 4.79 Å². The first-order valence-electron chi connectivity index (χ1n) is 8.90. The standard InChI is InChI=1S/C19H16N4O6S/c1-3-11-8-9-20-18-14(11)16(25)15(19(26)23(18)29-10(2)24)17-21-12-6-4-5-7-13(12)30(27,28)22-17/h4-9,25H,3H2,1-2H3,(H,21,22). The van der Waals surface area contributed by atoms with Crippen LogP contribution >= 0.6 is 0 Å². The molecule has 1 aliphatic rings. The molecule has 1 aromatic carbocycles. The van der Waals surface area contributed by atoms with E-state index in [9.17, 15) is 23.1 Å². The number of para-hydroxylation sites is 1. The molecular weight excluding hydrogens is 412 g/mol. The molecule has 3 aromatic rings. The summed E-state index contributed by atoms with van der Waals surface area (Å²) in [4.78, 5) is 33.7. The number of hydrogen-bond donors (Lipinski definition) is 2. The molecule has 2 aromatic heterocycles. The first-order valence-corrected chi connectivity index (χ1v) is 10.3. The molecule has 0 saturated heterocycles. The van der Waals surface area contributed by atoms with Gasteiger partial charge in [0.15, 0.2) is 11.5 Å². The van der Waals surface area contributed by atoms with Crippen molar-refractivity contribution in [3.63, 3.8) is 0 Å². The minimum Gasteiger partial charge on any atom is -0.506 e. The Morgan fingerprint density at radius 1 is 1.27 bits per heavy atom. The van der Waals surface area contributed by atoms with Crippen LogP contribution in [0.4, 0.5) is 5.69 Å². The first-order chi connectivity index (χ1) is 14.2. The zero-order valence-corrected chi connectivity index (χ0v) is 16.7. The van der Waals surface area contributed by atoms with E-state index in [0.29, 0.717) is 16.7 Å². The minimum absolute atomic E-state index is 0.0646. The average molecular weight is 428 g/mol. The van der Waals surface area contributed by atoms with Gasteiger partial charge in [0.05, 0.1) is 11.1 Å². The highest BCUT2D eigenvalue weighted by molar-refractivity contribution is 7.90. The maximum absolute atomic E-state index is 13.1. The van der Waals surface area contributed by atoms with Crippen molar-refractivity contribution < 1.29 is 23.2 Å². The number of nitrogens with zero attached hydrogens (tertiary/aromatic N) is 3. The van der Waals surface area contributed by atoms with Gasteiger partial charge in [-0.05, 0) is 30.2 Å². The predicted octanol–water partition coefficient (Wildman–Crippen LogP) is 1.20. The zero-order valence-electron chi connectivity index (χ0n) is 15.9. The van der Waals surface area contributed by atoms with Gasteiger partial charge in [-0.25, -0.2) is 9.78 Å². The Morgan fingerprint density at radius 2 is 2.00 bits per heavy atom. The quantitative estimate of drug-likeness (QED) is 0.634. The SMILES string of the molecule is CCc1ccnc2c1c(O)c(C1=NS(=O)(=O)c3ccccc3N1)c(=O)n2OC(C)=O. The van der Waals surface area contributed by atoms with Gasteiger partial charge in [0, 0.05) is 13.1 Å². The Morgan fingerprint density at radius 3 is 2.70 bits per heavy atom. The molecular formula is C19H16N4O6S. The molecule has 4 rings (SSSR count). The molecule has 30 heavy (non-hydrogen) atoms. The Kier molecular flexibility index (Phi) is 4.54. The highest BCUT2D eigenvalue weighted by atomic mass is 32.2. The number of fused-ring (bicyclic) bond motifs is 2. The Labute approximate surface area is 170 Å². The van der Waals surface area contributed by atoms with Gasteiger partial charge in [-0.15, -0.1) is 9.13 Å². The lowest BCUT2D eigenvalue weighted by Crippen LogP contribution is -2.37. The molecule has 11 heteroatoms. The third kappa shape index (κ3) is 2.99. The van der Waals surface area contributed by atoms with Crippen molar-refractivity contribution >= 4 is 38.5 Å².